The summed E-state index contributed by atoms with van der Waals surface area (Å²) in [5.41, 5.74) is 0. The molecular formula is C22H40MgN2O6. The molecule has 0 aliphatic carbocycles. The van der Waals surface area contributed by atoms with Gasteiger partial charge in [-0.25, -0.2) is 0 Å². The van der Waals surface area contributed by atoms with Crippen LogP contribution in [0.15, 0.2) is 4.99 Å². The van der Waals surface area contributed by atoms with Crippen LogP contribution in [0.4, 0.5) is 0 Å². The van der Waals surface area contributed by atoms with E-state index in [-0.39, 0.29) is 34.9 Å². The number of hydrogen-bond donors (Lipinski definition) is 2. The van der Waals surface area contributed by atoms with Crippen molar-refractivity contribution in [1.82, 2.24) is 5.32 Å². The Bertz CT molecular complexity index is 514. The summed E-state index contributed by atoms with van der Waals surface area (Å²) in [4.78, 5) is 35.4. The Labute approximate surface area is 203 Å². The fourth-order valence-electron chi connectivity index (χ4n) is 2.48. The SMILES string of the molecule is CCCCCCCC(=O)N[C@@H](C)C(=O)O.CCCCCCCC([O-])=N[C@@H](C)C(=O)[O-].[Mg+2]. The molecule has 0 aliphatic heterocycles. The van der Waals surface area contributed by atoms with Crippen molar-refractivity contribution in [2.24, 2.45) is 4.99 Å². The van der Waals surface area contributed by atoms with Crippen molar-refractivity contribution in [2.45, 2.75) is 117 Å². The third kappa shape index (κ3) is 24.8. The summed E-state index contributed by atoms with van der Waals surface area (Å²) < 4.78 is 0. The fraction of sp³-hybridized carbons (Fsp3) is 0.818. The van der Waals surface area contributed by atoms with Crippen molar-refractivity contribution in [3.63, 3.8) is 0 Å². The standard InChI is InChI=1S/2C11H21NO3.Mg/c2*1-3-4-5-6-7-8-10(13)12-9(2)11(14)15;/h2*9H,3-8H2,1-2H3,(H,12,13)(H,14,15);/q;;+2/p-2/t2*9-;/m00./s1. The van der Waals surface area contributed by atoms with Gasteiger partial charge in [0.15, 0.2) is 0 Å². The van der Waals surface area contributed by atoms with E-state index in [9.17, 15) is 24.6 Å². The molecule has 0 aromatic heterocycles. The molecule has 31 heavy (non-hydrogen) atoms. The Hall–Kier alpha value is -1.35. The largest absolute Gasteiger partial charge is 2.00 e. The van der Waals surface area contributed by atoms with Gasteiger partial charge in [0.1, 0.15) is 6.04 Å². The molecule has 0 radical (unpaired) electrons. The van der Waals surface area contributed by atoms with Gasteiger partial charge in [0.2, 0.25) is 5.91 Å². The average molecular weight is 453 g/mol. The summed E-state index contributed by atoms with van der Waals surface area (Å²) >= 11 is 0. The first kappa shape index (κ1) is 34.3. The molecule has 1 amide bonds. The van der Waals surface area contributed by atoms with Crippen LogP contribution in [-0.2, 0) is 14.4 Å². The zero-order valence-electron chi connectivity index (χ0n) is 19.8. The van der Waals surface area contributed by atoms with Gasteiger partial charge in [-0.05, 0) is 39.0 Å². The van der Waals surface area contributed by atoms with Crippen LogP contribution in [-0.4, -0.2) is 64.0 Å². The predicted octanol–water partition coefficient (Wildman–Crippen LogP) is 1.80. The Balaban J connectivity index is -0.000000490. The molecule has 0 aromatic carbocycles. The Morgan fingerprint density at radius 3 is 1.71 bits per heavy atom. The van der Waals surface area contributed by atoms with Gasteiger partial charge in [-0.15, -0.1) is 0 Å². The third-order valence-corrected chi connectivity index (χ3v) is 4.43. The van der Waals surface area contributed by atoms with Crippen LogP contribution in [0.2, 0.25) is 0 Å². The van der Waals surface area contributed by atoms with Gasteiger partial charge in [0.25, 0.3) is 0 Å². The van der Waals surface area contributed by atoms with Crippen molar-refractivity contribution in [1.29, 1.82) is 0 Å². The van der Waals surface area contributed by atoms with E-state index in [0.29, 0.717) is 12.8 Å². The Morgan fingerprint density at radius 1 is 0.839 bits per heavy atom. The smallest absolute Gasteiger partial charge is 0.862 e. The molecule has 0 unspecified atom stereocenters. The number of carbonyl (C=O) groups is 3. The molecule has 0 fully saturated rings. The number of aliphatic imine (C=N–C) groups is 1. The second kappa shape index (κ2) is 23.3. The number of unbranched alkanes of at least 4 members (excludes halogenated alkanes) is 8. The van der Waals surface area contributed by atoms with E-state index in [2.05, 4.69) is 24.2 Å². The number of nitrogens with one attached hydrogen (secondary N) is 1. The monoisotopic (exact) mass is 452 g/mol. The maximum absolute atomic E-state index is 11.2. The molecule has 9 heteroatoms. The van der Waals surface area contributed by atoms with Crippen LogP contribution >= 0.6 is 0 Å². The molecule has 0 bridgehead atoms. The van der Waals surface area contributed by atoms with Crippen molar-refractivity contribution in [3.8, 4) is 0 Å². The molecule has 0 aromatic rings. The molecule has 0 saturated carbocycles. The van der Waals surface area contributed by atoms with Crippen molar-refractivity contribution in [3.05, 3.63) is 0 Å². The normalized spacial score (nSPS) is 12.6. The number of carboxylic acids is 2. The van der Waals surface area contributed by atoms with Crippen LogP contribution in [0.25, 0.3) is 0 Å². The van der Waals surface area contributed by atoms with Crippen LogP contribution in [0.1, 0.15) is 105 Å². The molecule has 0 aliphatic rings. The topological polar surface area (TPSA) is 142 Å². The minimum Gasteiger partial charge on any atom is -0.862 e. The summed E-state index contributed by atoms with van der Waals surface area (Å²) in [7, 11) is 0. The quantitative estimate of drug-likeness (QED) is 0.158. The number of carboxylic acid groups (broad SMARTS) is 2. The van der Waals surface area contributed by atoms with Crippen LogP contribution in [0, 0.1) is 0 Å². The van der Waals surface area contributed by atoms with Gasteiger partial charge in [0, 0.05) is 6.42 Å². The van der Waals surface area contributed by atoms with E-state index in [0.717, 1.165) is 38.5 Å². The molecule has 0 rings (SSSR count). The van der Waals surface area contributed by atoms with Crippen LogP contribution in [0.5, 0.6) is 0 Å². The van der Waals surface area contributed by atoms with E-state index in [1.54, 1.807) is 0 Å². The average Bonchev–Trinajstić information content (AvgIpc) is 2.67. The summed E-state index contributed by atoms with van der Waals surface area (Å²) in [6.45, 7) is 7.09. The van der Waals surface area contributed by atoms with Gasteiger partial charge in [-0.2, -0.15) is 0 Å². The molecule has 2 N–H and O–H groups in total. The minimum absolute atomic E-state index is 0. The van der Waals surface area contributed by atoms with Gasteiger partial charge in [-0.3, -0.25) is 14.6 Å². The van der Waals surface area contributed by atoms with Gasteiger partial charge >= 0.3 is 29.0 Å². The van der Waals surface area contributed by atoms with Crippen LogP contribution < -0.4 is 15.5 Å². The maximum atomic E-state index is 11.2. The summed E-state index contributed by atoms with van der Waals surface area (Å²) in [5, 5.41) is 32.4. The van der Waals surface area contributed by atoms with Gasteiger partial charge in [0.05, 0.1) is 12.0 Å². The number of nitrogens with zero attached hydrogens (tertiary/aromatic N) is 1. The molecule has 176 valence electrons. The summed E-state index contributed by atoms with van der Waals surface area (Å²) in [6, 6.07) is -1.80. The Morgan fingerprint density at radius 2 is 1.29 bits per heavy atom. The number of carbonyl (C=O) groups excluding carboxylic acids is 2. The van der Waals surface area contributed by atoms with Gasteiger partial charge < -0.3 is 25.4 Å². The van der Waals surface area contributed by atoms with Crippen LogP contribution in [0.3, 0.4) is 0 Å². The number of hydrogen-bond acceptors (Lipinski definition) is 6. The number of rotatable bonds is 16. The van der Waals surface area contributed by atoms with Gasteiger partial charge in [-0.1, -0.05) is 65.2 Å². The number of aliphatic carboxylic acids is 2. The maximum Gasteiger partial charge on any atom is 2.00 e. The second-order valence-corrected chi connectivity index (χ2v) is 7.47. The number of amides is 1. The zero-order valence-corrected chi connectivity index (χ0v) is 21.2. The van der Waals surface area contributed by atoms with E-state index in [1.165, 1.54) is 39.5 Å². The van der Waals surface area contributed by atoms with Crippen molar-refractivity contribution in [2.75, 3.05) is 0 Å². The molecule has 8 nitrogen and oxygen atoms in total. The second-order valence-electron chi connectivity index (χ2n) is 7.47. The van der Waals surface area contributed by atoms with E-state index >= 15 is 0 Å². The van der Waals surface area contributed by atoms with E-state index in [1.807, 2.05) is 0 Å². The summed E-state index contributed by atoms with van der Waals surface area (Å²) in [5.74, 6) is -2.78. The van der Waals surface area contributed by atoms with E-state index in [4.69, 9.17) is 5.11 Å². The van der Waals surface area contributed by atoms with E-state index < -0.39 is 24.0 Å². The molecular weight excluding hydrogens is 413 g/mol. The molecule has 0 saturated heterocycles. The zero-order chi connectivity index (χ0) is 23.4. The summed E-state index contributed by atoms with van der Waals surface area (Å²) in [6.07, 6.45) is 11.5. The van der Waals surface area contributed by atoms with Crippen molar-refractivity contribution >= 4 is 46.8 Å². The fourth-order valence-corrected chi connectivity index (χ4v) is 2.48. The predicted molar refractivity (Wildman–Crippen MR) is 120 cm³/mol. The van der Waals surface area contributed by atoms with Crippen molar-refractivity contribution < 1.29 is 29.7 Å². The third-order valence-electron chi connectivity index (χ3n) is 4.43. The molecule has 2 atom stereocenters. The minimum atomic E-state index is -1.30. The first-order chi connectivity index (χ1) is 14.1. The molecule has 0 heterocycles. The Kier molecular flexibility index (Phi) is 25.8. The molecule has 0 spiro atoms. The first-order valence-corrected chi connectivity index (χ1v) is 11.1. The first-order valence-electron chi connectivity index (χ1n) is 11.1.